The summed E-state index contributed by atoms with van der Waals surface area (Å²) in [7, 11) is -3.37. The molecule has 1 fully saturated rings. The van der Waals surface area contributed by atoms with Gasteiger partial charge >= 0.3 is 0 Å². The van der Waals surface area contributed by atoms with Crippen molar-refractivity contribution >= 4 is 15.9 Å². The molecule has 2 atom stereocenters. The lowest BCUT2D eigenvalue weighted by molar-refractivity contribution is -0.128. The van der Waals surface area contributed by atoms with Gasteiger partial charge in [0.05, 0.1) is 11.8 Å². The molecule has 1 saturated heterocycles. The molecule has 1 aromatic heterocycles. The lowest BCUT2D eigenvalue weighted by atomic mass is 9.95. The van der Waals surface area contributed by atoms with Gasteiger partial charge in [0.1, 0.15) is 0 Å². The average molecular weight is 353 g/mol. The number of rotatable bonds is 6. The van der Waals surface area contributed by atoms with Gasteiger partial charge in [-0.2, -0.15) is 0 Å². The molecule has 1 aliphatic rings. The van der Waals surface area contributed by atoms with Crippen LogP contribution in [0.1, 0.15) is 45.7 Å². The van der Waals surface area contributed by atoms with Crippen molar-refractivity contribution in [1.82, 2.24) is 14.6 Å². The lowest BCUT2D eigenvalue weighted by Gasteiger charge is -2.28. The van der Waals surface area contributed by atoms with Crippen LogP contribution in [0.15, 0.2) is 24.5 Å². The number of amides is 1. The number of nitrogens with one attached hydrogen (secondary N) is 1. The summed E-state index contributed by atoms with van der Waals surface area (Å²) >= 11 is 0. The average Bonchev–Trinajstić information content (AvgIpc) is 2.79. The molecule has 0 aliphatic carbocycles. The Morgan fingerprint density at radius 2 is 2.08 bits per heavy atom. The normalized spacial score (nSPS) is 22.2. The molecule has 0 saturated carbocycles. The first-order valence-electron chi connectivity index (χ1n) is 8.29. The number of nitrogens with zero attached hydrogens (tertiary/aromatic N) is 2. The fourth-order valence-electron chi connectivity index (χ4n) is 3.28. The van der Waals surface area contributed by atoms with Gasteiger partial charge < -0.3 is 4.90 Å². The third-order valence-corrected chi connectivity index (χ3v) is 5.95. The third-order valence-electron chi connectivity index (χ3n) is 4.09. The van der Waals surface area contributed by atoms with Gasteiger partial charge in [-0.05, 0) is 24.0 Å². The SMILES string of the molecule is CCN1C(=O)C[C@@H](CNS(=O)(=O)CC(C)(C)C)[C@@H]1c1cccnc1. The second kappa shape index (κ2) is 7.19. The van der Waals surface area contributed by atoms with Crippen LogP contribution in [-0.4, -0.2) is 43.1 Å². The van der Waals surface area contributed by atoms with E-state index in [4.69, 9.17) is 0 Å². The molecule has 0 unspecified atom stereocenters. The zero-order valence-electron chi connectivity index (χ0n) is 14.8. The van der Waals surface area contributed by atoms with Gasteiger partial charge in [-0.25, -0.2) is 13.1 Å². The Morgan fingerprint density at radius 3 is 2.62 bits per heavy atom. The van der Waals surface area contributed by atoms with E-state index in [0.717, 1.165) is 5.56 Å². The minimum absolute atomic E-state index is 0.0615. The number of carbonyl (C=O) groups is 1. The smallest absolute Gasteiger partial charge is 0.223 e. The van der Waals surface area contributed by atoms with E-state index in [-0.39, 0.29) is 35.6 Å². The molecule has 1 N–H and O–H groups in total. The molecule has 24 heavy (non-hydrogen) atoms. The van der Waals surface area contributed by atoms with Crippen LogP contribution in [0.4, 0.5) is 0 Å². The van der Waals surface area contributed by atoms with Crippen LogP contribution in [-0.2, 0) is 14.8 Å². The number of carbonyl (C=O) groups excluding carboxylic acids is 1. The number of hydrogen-bond donors (Lipinski definition) is 1. The fraction of sp³-hybridized carbons (Fsp3) is 0.647. The molecule has 7 heteroatoms. The number of likely N-dealkylation sites (tertiary alicyclic amines) is 1. The molecule has 134 valence electrons. The van der Waals surface area contributed by atoms with Crippen molar-refractivity contribution in [2.24, 2.45) is 11.3 Å². The summed E-state index contributed by atoms with van der Waals surface area (Å²) < 4.78 is 27.2. The summed E-state index contributed by atoms with van der Waals surface area (Å²) in [5.41, 5.74) is 0.639. The Balaban J connectivity index is 2.15. The third kappa shape index (κ3) is 4.77. The predicted molar refractivity (Wildman–Crippen MR) is 93.7 cm³/mol. The first-order valence-corrected chi connectivity index (χ1v) is 9.95. The van der Waals surface area contributed by atoms with Gasteiger partial charge in [0, 0.05) is 37.8 Å². The molecular formula is C17H27N3O3S. The maximum atomic E-state index is 12.3. The fourth-order valence-corrected chi connectivity index (χ4v) is 4.99. The molecule has 1 amide bonds. The number of pyridine rings is 1. The highest BCUT2D eigenvalue weighted by Crippen LogP contribution is 2.37. The highest BCUT2D eigenvalue weighted by atomic mass is 32.2. The minimum atomic E-state index is -3.37. The monoisotopic (exact) mass is 353 g/mol. The Morgan fingerprint density at radius 1 is 1.38 bits per heavy atom. The van der Waals surface area contributed by atoms with Gasteiger partial charge in [-0.1, -0.05) is 26.8 Å². The Hall–Kier alpha value is -1.47. The second-order valence-electron chi connectivity index (χ2n) is 7.54. The van der Waals surface area contributed by atoms with Gasteiger partial charge in [0.2, 0.25) is 15.9 Å². The molecule has 2 rings (SSSR count). The van der Waals surface area contributed by atoms with Crippen molar-refractivity contribution in [2.75, 3.05) is 18.8 Å². The molecule has 0 bridgehead atoms. The lowest BCUT2D eigenvalue weighted by Crippen LogP contribution is -2.37. The van der Waals surface area contributed by atoms with Crippen molar-refractivity contribution in [1.29, 1.82) is 0 Å². The highest BCUT2D eigenvalue weighted by molar-refractivity contribution is 7.89. The minimum Gasteiger partial charge on any atom is -0.336 e. The Bertz CT molecular complexity index is 668. The second-order valence-corrected chi connectivity index (χ2v) is 9.35. The molecule has 1 aliphatic heterocycles. The van der Waals surface area contributed by atoms with Gasteiger partial charge in [-0.15, -0.1) is 0 Å². The maximum absolute atomic E-state index is 12.3. The summed E-state index contributed by atoms with van der Waals surface area (Å²) in [5, 5.41) is 0. The van der Waals surface area contributed by atoms with Crippen LogP contribution in [0, 0.1) is 11.3 Å². The standard InChI is InChI=1S/C17H27N3O3S/c1-5-20-15(21)9-14(16(20)13-7-6-8-18-10-13)11-19-24(22,23)12-17(2,3)4/h6-8,10,14,16,19H,5,9,11-12H2,1-4H3/t14-,16-/m0/s1. The molecule has 0 aromatic carbocycles. The summed E-state index contributed by atoms with van der Waals surface area (Å²) in [6.45, 7) is 8.48. The first-order chi connectivity index (χ1) is 11.1. The van der Waals surface area contributed by atoms with Crippen molar-refractivity contribution < 1.29 is 13.2 Å². The van der Waals surface area contributed by atoms with E-state index in [9.17, 15) is 13.2 Å². The molecule has 0 radical (unpaired) electrons. The predicted octanol–water partition coefficient (Wildman–Crippen LogP) is 1.96. The summed E-state index contributed by atoms with van der Waals surface area (Å²) in [6, 6.07) is 3.65. The number of aromatic nitrogens is 1. The molecule has 0 spiro atoms. The number of hydrogen-bond acceptors (Lipinski definition) is 4. The molecule has 1 aromatic rings. The zero-order chi connectivity index (χ0) is 18.0. The maximum Gasteiger partial charge on any atom is 0.223 e. The Labute approximate surface area is 144 Å². The zero-order valence-corrected chi connectivity index (χ0v) is 15.6. The Kier molecular flexibility index (Phi) is 5.65. The summed E-state index contributed by atoms with van der Waals surface area (Å²) in [4.78, 5) is 18.2. The molecule has 6 nitrogen and oxygen atoms in total. The van der Waals surface area contributed by atoms with Crippen molar-refractivity contribution in [3.8, 4) is 0 Å². The molecular weight excluding hydrogens is 326 g/mol. The van der Waals surface area contributed by atoms with E-state index in [2.05, 4.69) is 9.71 Å². The van der Waals surface area contributed by atoms with Crippen LogP contribution >= 0.6 is 0 Å². The van der Waals surface area contributed by atoms with E-state index >= 15 is 0 Å². The van der Waals surface area contributed by atoms with Crippen LogP contribution in [0.25, 0.3) is 0 Å². The van der Waals surface area contributed by atoms with Gasteiger partial charge in [0.25, 0.3) is 0 Å². The largest absolute Gasteiger partial charge is 0.336 e. The number of sulfonamides is 1. The summed E-state index contributed by atoms with van der Waals surface area (Å²) in [5.74, 6) is 0.0400. The quantitative estimate of drug-likeness (QED) is 0.848. The van der Waals surface area contributed by atoms with Crippen LogP contribution in [0.2, 0.25) is 0 Å². The van der Waals surface area contributed by atoms with E-state index in [0.29, 0.717) is 13.0 Å². The van der Waals surface area contributed by atoms with E-state index in [1.165, 1.54) is 0 Å². The van der Waals surface area contributed by atoms with Gasteiger partial charge in [0.15, 0.2) is 0 Å². The van der Waals surface area contributed by atoms with E-state index in [1.54, 1.807) is 17.3 Å². The first kappa shape index (κ1) is 18.9. The molecule has 2 heterocycles. The topological polar surface area (TPSA) is 79.4 Å². The van der Waals surface area contributed by atoms with Gasteiger partial charge in [-0.3, -0.25) is 9.78 Å². The van der Waals surface area contributed by atoms with Crippen LogP contribution in [0.5, 0.6) is 0 Å². The van der Waals surface area contributed by atoms with Crippen molar-refractivity contribution in [3.05, 3.63) is 30.1 Å². The van der Waals surface area contributed by atoms with Crippen molar-refractivity contribution in [2.45, 2.75) is 40.2 Å². The van der Waals surface area contributed by atoms with E-state index in [1.807, 2.05) is 39.8 Å². The van der Waals surface area contributed by atoms with Crippen LogP contribution in [0.3, 0.4) is 0 Å². The van der Waals surface area contributed by atoms with E-state index < -0.39 is 10.0 Å². The van der Waals surface area contributed by atoms with Crippen molar-refractivity contribution in [3.63, 3.8) is 0 Å². The van der Waals surface area contributed by atoms with Crippen LogP contribution < -0.4 is 4.72 Å². The highest BCUT2D eigenvalue weighted by Gasteiger charge is 2.40. The summed E-state index contributed by atoms with van der Waals surface area (Å²) in [6.07, 6.45) is 3.80.